The fraction of sp³-hybridized carbons (Fsp3) is 0.636. The molecule has 0 radical (unpaired) electrons. The molecule has 1 amide bonds. The summed E-state index contributed by atoms with van der Waals surface area (Å²) in [4.78, 5) is 27.9. The lowest BCUT2D eigenvalue weighted by Gasteiger charge is -2.40. The topological polar surface area (TPSA) is 81.1 Å². The van der Waals surface area contributed by atoms with Gasteiger partial charge in [-0.3, -0.25) is 14.5 Å². The predicted molar refractivity (Wildman–Crippen MR) is 122 cm³/mol. The Balaban J connectivity index is 1.46. The van der Waals surface area contributed by atoms with Gasteiger partial charge in [0.05, 0.1) is 15.5 Å². The van der Waals surface area contributed by atoms with Crippen LogP contribution in [0.1, 0.15) is 38.2 Å². The molecular weight excluding hydrogens is 516 g/mol. The Morgan fingerprint density at radius 3 is 2.03 bits per heavy atom. The molecular formula is C22H30Br2N2O4. The molecule has 2 aliphatic heterocycles. The van der Waals surface area contributed by atoms with Gasteiger partial charge < -0.3 is 15.1 Å². The van der Waals surface area contributed by atoms with Crippen LogP contribution in [0.5, 0.6) is 5.75 Å². The van der Waals surface area contributed by atoms with Crippen molar-refractivity contribution in [3.8, 4) is 5.75 Å². The highest BCUT2D eigenvalue weighted by Gasteiger charge is 2.32. The number of hydrogen-bond acceptors (Lipinski definition) is 4. The van der Waals surface area contributed by atoms with E-state index in [0.29, 0.717) is 27.2 Å². The van der Waals surface area contributed by atoms with Gasteiger partial charge in [0.15, 0.2) is 0 Å². The number of carbonyl (C=O) groups is 2. The van der Waals surface area contributed by atoms with E-state index < -0.39 is 5.97 Å². The summed E-state index contributed by atoms with van der Waals surface area (Å²) in [6.45, 7) is 5.47. The number of piperidine rings is 2. The van der Waals surface area contributed by atoms with Crippen LogP contribution >= 0.6 is 31.9 Å². The van der Waals surface area contributed by atoms with Gasteiger partial charge in [0.2, 0.25) is 5.91 Å². The van der Waals surface area contributed by atoms with Crippen LogP contribution in [-0.4, -0.2) is 64.6 Å². The zero-order valence-electron chi connectivity index (χ0n) is 17.3. The number of carboxylic acids is 1. The normalized spacial score (nSPS) is 20.3. The highest BCUT2D eigenvalue weighted by molar-refractivity contribution is 9.11. The number of rotatable bonds is 6. The van der Waals surface area contributed by atoms with Crippen LogP contribution in [0.25, 0.3) is 0 Å². The molecule has 1 aromatic rings. The summed E-state index contributed by atoms with van der Waals surface area (Å²) in [7, 11) is 0. The van der Waals surface area contributed by atoms with Gasteiger partial charge in [-0.2, -0.15) is 0 Å². The smallest absolute Gasteiger partial charge is 0.317 e. The first kappa shape index (κ1) is 23.5. The van der Waals surface area contributed by atoms with Crippen LogP contribution in [0.3, 0.4) is 0 Å². The first-order chi connectivity index (χ1) is 14.2. The Hall–Kier alpha value is -1.12. The van der Waals surface area contributed by atoms with Gasteiger partial charge in [0.1, 0.15) is 5.75 Å². The Morgan fingerprint density at radius 1 is 1.03 bits per heavy atom. The molecule has 1 atom stereocenters. The molecule has 2 N–H and O–H groups in total. The van der Waals surface area contributed by atoms with Gasteiger partial charge in [0, 0.05) is 19.0 Å². The largest absolute Gasteiger partial charge is 0.506 e. The van der Waals surface area contributed by atoms with E-state index in [1.165, 1.54) is 0 Å². The molecule has 1 aromatic carbocycles. The van der Waals surface area contributed by atoms with Crippen LogP contribution in [0.2, 0.25) is 0 Å². The monoisotopic (exact) mass is 544 g/mol. The first-order valence-electron chi connectivity index (χ1n) is 10.6. The fourth-order valence-electron chi connectivity index (χ4n) is 4.85. The minimum Gasteiger partial charge on any atom is -0.506 e. The van der Waals surface area contributed by atoms with Gasteiger partial charge in [-0.05, 0) is 107 Å². The molecule has 0 aliphatic carbocycles. The zero-order valence-corrected chi connectivity index (χ0v) is 20.5. The van der Waals surface area contributed by atoms with E-state index >= 15 is 0 Å². The number of aliphatic carboxylic acids is 1. The second-order valence-electron chi connectivity index (χ2n) is 8.68. The molecule has 6 nitrogen and oxygen atoms in total. The van der Waals surface area contributed by atoms with Crippen molar-refractivity contribution in [3.05, 3.63) is 26.6 Å². The van der Waals surface area contributed by atoms with Gasteiger partial charge in [0.25, 0.3) is 0 Å². The number of likely N-dealkylation sites (tertiary alicyclic amines) is 2. The van der Waals surface area contributed by atoms with Crippen molar-refractivity contribution in [3.63, 3.8) is 0 Å². The lowest BCUT2D eigenvalue weighted by atomic mass is 9.78. The summed E-state index contributed by atoms with van der Waals surface area (Å²) in [5.41, 5.74) is 1.01. The number of phenols is 1. The van der Waals surface area contributed by atoms with E-state index in [2.05, 4.69) is 31.9 Å². The fourth-order valence-corrected chi connectivity index (χ4v) is 6.13. The molecule has 0 spiro atoms. The quantitative estimate of drug-likeness (QED) is 0.561. The molecule has 2 fully saturated rings. The third-order valence-corrected chi connectivity index (χ3v) is 7.76. The van der Waals surface area contributed by atoms with E-state index in [-0.39, 0.29) is 24.1 Å². The second kappa shape index (κ2) is 10.5. The number of aromatic hydroxyl groups is 1. The number of carbonyl (C=O) groups excluding carboxylic acids is 1. The molecule has 2 aliphatic rings. The number of carboxylic acid groups (broad SMARTS) is 1. The van der Waals surface area contributed by atoms with Crippen LogP contribution < -0.4 is 0 Å². The lowest BCUT2D eigenvalue weighted by Crippen LogP contribution is -2.45. The van der Waals surface area contributed by atoms with Crippen molar-refractivity contribution in [2.45, 2.75) is 39.0 Å². The van der Waals surface area contributed by atoms with Crippen molar-refractivity contribution < 1.29 is 19.8 Å². The van der Waals surface area contributed by atoms with Crippen LogP contribution in [0, 0.1) is 17.8 Å². The van der Waals surface area contributed by atoms with Crippen molar-refractivity contribution in [1.29, 1.82) is 0 Å². The summed E-state index contributed by atoms with van der Waals surface area (Å²) in [5.74, 6) is 0.806. The second-order valence-corrected chi connectivity index (χ2v) is 10.4. The summed E-state index contributed by atoms with van der Waals surface area (Å²) in [6, 6.07) is 3.74. The number of hydrogen-bond donors (Lipinski definition) is 2. The molecule has 0 aromatic heterocycles. The number of halogens is 2. The number of nitrogens with zero attached hydrogens (tertiary/aromatic N) is 2. The number of phenolic OH excluding ortho intramolecular Hbond substituents is 1. The van der Waals surface area contributed by atoms with E-state index in [9.17, 15) is 14.7 Å². The third kappa shape index (κ3) is 5.98. The van der Waals surface area contributed by atoms with Crippen molar-refractivity contribution in [2.24, 2.45) is 17.8 Å². The number of benzene rings is 1. The molecule has 166 valence electrons. The molecule has 0 saturated carbocycles. The number of amides is 1. The minimum atomic E-state index is -0.749. The highest BCUT2D eigenvalue weighted by Crippen LogP contribution is 2.35. The van der Waals surface area contributed by atoms with Crippen LogP contribution in [0.4, 0.5) is 0 Å². The molecule has 2 saturated heterocycles. The first-order valence-corrected chi connectivity index (χ1v) is 12.2. The maximum Gasteiger partial charge on any atom is 0.317 e. The molecule has 3 rings (SSSR count). The van der Waals surface area contributed by atoms with E-state index in [1.54, 1.807) is 0 Å². The lowest BCUT2D eigenvalue weighted by molar-refractivity contribution is -0.138. The van der Waals surface area contributed by atoms with Crippen molar-refractivity contribution >= 4 is 43.7 Å². The molecule has 0 unspecified atom stereocenters. The average molecular weight is 546 g/mol. The average Bonchev–Trinajstić information content (AvgIpc) is 2.71. The van der Waals surface area contributed by atoms with Gasteiger partial charge in [-0.15, -0.1) is 0 Å². The van der Waals surface area contributed by atoms with Gasteiger partial charge in [-0.1, -0.05) is 6.92 Å². The summed E-state index contributed by atoms with van der Waals surface area (Å²) < 4.78 is 1.25. The van der Waals surface area contributed by atoms with E-state index in [1.807, 2.05) is 28.9 Å². The Morgan fingerprint density at radius 2 is 1.53 bits per heavy atom. The van der Waals surface area contributed by atoms with E-state index in [0.717, 1.165) is 57.4 Å². The molecule has 0 bridgehead atoms. The SMILES string of the molecule is C[C@H](Cc1cc(Br)c(O)c(Br)c1)C(=O)N1CCC(C2CCN(CC(=O)O)CC2)CC1. The molecule has 2 heterocycles. The third-order valence-electron chi connectivity index (χ3n) is 6.55. The van der Waals surface area contributed by atoms with Crippen LogP contribution in [-0.2, 0) is 16.0 Å². The Kier molecular flexibility index (Phi) is 8.21. The van der Waals surface area contributed by atoms with Gasteiger partial charge >= 0.3 is 5.97 Å². The van der Waals surface area contributed by atoms with E-state index in [4.69, 9.17) is 5.11 Å². The molecule has 8 heteroatoms. The Bertz CT molecular complexity index is 749. The highest BCUT2D eigenvalue weighted by atomic mass is 79.9. The van der Waals surface area contributed by atoms with Gasteiger partial charge in [-0.25, -0.2) is 0 Å². The zero-order chi connectivity index (χ0) is 21.8. The van der Waals surface area contributed by atoms with Crippen molar-refractivity contribution in [1.82, 2.24) is 9.80 Å². The molecule has 30 heavy (non-hydrogen) atoms. The summed E-state index contributed by atoms with van der Waals surface area (Å²) in [5, 5.41) is 18.8. The Labute approximate surface area is 194 Å². The predicted octanol–water partition coefficient (Wildman–Crippen LogP) is 4.13. The summed E-state index contributed by atoms with van der Waals surface area (Å²) >= 11 is 6.71. The van der Waals surface area contributed by atoms with Crippen molar-refractivity contribution in [2.75, 3.05) is 32.7 Å². The maximum atomic E-state index is 13.0. The standard InChI is InChI=1S/C22H30Br2N2O4/c1-14(10-15-11-18(23)21(29)19(24)12-15)22(30)26-8-4-17(5-9-26)16-2-6-25(7-3-16)13-20(27)28/h11-12,14,16-17,29H,2-10,13H2,1H3,(H,27,28)/t14-/m1/s1. The maximum absolute atomic E-state index is 13.0. The summed E-state index contributed by atoms with van der Waals surface area (Å²) in [6.07, 6.45) is 4.84. The minimum absolute atomic E-state index is 0.107. The van der Waals surface area contributed by atoms with Crippen LogP contribution in [0.15, 0.2) is 21.1 Å².